The summed E-state index contributed by atoms with van der Waals surface area (Å²) in [7, 11) is 0. The number of hydrogen-bond acceptors (Lipinski definition) is 6. The molecular formula is C13H15IN4O3. The zero-order chi connectivity index (χ0) is 14.8. The number of rotatable bonds is 3. The van der Waals surface area contributed by atoms with Crippen LogP contribution in [-0.4, -0.2) is 46.9 Å². The molecule has 1 saturated heterocycles. The van der Waals surface area contributed by atoms with Gasteiger partial charge in [-0.05, 0) is 28.7 Å². The van der Waals surface area contributed by atoms with Gasteiger partial charge in [0.25, 0.3) is 0 Å². The Morgan fingerprint density at radius 1 is 1.48 bits per heavy atom. The van der Waals surface area contributed by atoms with Crippen LogP contribution in [0.5, 0.6) is 0 Å². The Bertz CT molecular complexity index is 667. The van der Waals surface area contributed by atoms with Crippen molar-refractivity contribution in [2.75, 3.05) is 31.2 Å². The van der Waals surface area contributed by atoms with Crippen molar-refractivity contribution < 1.29 is 14.3 Å². The molecule has 0 aliphatic carbocycles. The van der Waals surface area contributed by atoms with E-state index >= 15 is 0 Å². The topological polar surface area (TPSA) is 69.0 Å². The highest BCUT2D eigenvalue weighted by molar-refractivity contribution is 14.1. The maximum absolute atomic E-state index is 10.9. The van der Waals surface area contributed by atoms with Gasteiger partial charge in [0.2, 0.25) is 0 Å². The van der Waals surface area contributed by atoms with Crippen molar-refractivity contribution in [2.45, 2.75) is 13.5 Å². The molecule has 1 aliphatic rings. The molecular weight excluding hydrogens is 387 g/mol. The lowest BCUT2D eigenvalue weighted by atomic mass is 10.4. The van der Waals surface area contributed by atoms with Crippen LogP contribution in [0.2, 0.25) is 0 Å². The lowest BCUT2D eigenvalue weighted by Gasteiger charge is -2.27. The number of esters is 1. The molecule has 7 nitrogen and oxygen atoms in total. The Hall–Kier alpha value is -1.42. The molecule has 3 heterocycles. The zero-order valence-corrected chi connectivity index (χ0v) is 13.7. The van der Waals surface area contributed by atoms with Gasteiger partial charge in [0.15, 0.2) is 11.5 Å². The van der Waals surface area contributed by atoms with E-state index in [0.29, 0.717) is 5.69 Å². The normalized spacial score (nSPS) is 15.4. The summed E-state index contributed by atoms with van der Waals surface area (Å²) in [6, 6.07) is 2.02. The second-order valence-electron chi connectivity index (χ2n) is 4.73. The van der Waals surface area contributed by atoms with Crippen LogP contribution in [-0.2, 0) is 20.9 Å². The van der Waals surface area contributed by atoms with E-state index in [-0.39, 0.29) is 12.6 Å². The summed E-state index contributed by atoms with van der Waals surface area (Å²) in [6.07, 6.45) is 1.80. The molecule has 2 aromatic rings. The van der Waals surface area contributed by atoms with Gasteiger partial charge in [-0.25, -0.2) is 9.50 Å². The van der Waals surface area contributed by atoms with Crippen molar-refractivity contribution >= 4 is 40.0 Å². The second-order valence-corrected chi connectivity index (χ2v) is 5.89. The minimum Gasteiger partial charge on any atom is -0.459 e. The van der Waals surface area contributed by atoms with Crippen LogP contribution in [0.25, 0.3) is 5.65 Å². The number of imidazole rings is 1. The average molecular weight is 402 g/mol. The van der Waals surface area contributed by atoms with Crippen LogP contribution in [0, 0.1) is 3.57 Å². The third-order valence-electron chi connectivity index (χ3n) is 3.18. The smallest absolute Gasteiger partial charge is 0.303 e. The first kappa shape index (κ1) is 14.5. The van der Waals surface area contributed by atoms with Crippen LogP contribution < -0.4 is 4.90 Å². The summed E-state index contributed by atoms with van der Waals surface area (Å²) in [4.78, 5) is 17.5. The number of ether oxygens (including phenoxy) is 2. The average Bonchev–Trinajstić information content (AvgIpc) is 2.90. The highest BCUT2D eigenvalue weighted by Crippen LogP contribution is 2.20. The van der Waals surface area contributed by atoms with E-state index in [1.165, 1.54) is 6.92 Å². The lowest BCUT2D eigenvalue weighted by molar-refractivity contribution is -0.142. The minimum absolute atomic E-state index is 0.168. The summed E-state index contributed by atoms with van der Waals surface area (Å²) in [6.45, 7) is 4.67. The van der Waals surface area contributed by atoms with Gasteiger partial charge in [0, 0.05) is 20.0 Å². The Labute approximate surface area is 135 Å². The maximum atomic E-state index is 10.9. The van der Waals surface area contributed by atoms with Gasteiger partial charge in [-0.3, -0.25) is 4.79 Å². The van der Waals surface area contributed by atoms with E-state index in [2.05, 4.69) is 37.6 Å². The fourth-order valence-corrected chi connectivity index (χ4v) is 2.81. The van der Waals surface area contributed by atoms with Gasteiger partial charge in [-0.15, -0.1) is 5.10 Å². The highest BCUT2D eigenvalue weighted by Gasteiger charge is 2.16. The Morgan fingerprint density at radius 3 is 2.95 bits per heavy atom. The van der Waals surface area contributed by atoms with Crippen molar-refractivity contribution in [3.05, 3.63) is 21.5 Å². The molecule has 0 unspecified atom stereocenters. The first-order valence-electron chi connectivity index (χ1n) is 6.64. The molecule has 21 heavy (non-hydrogen) atoms. The fourth-order valence-electron chi connectivity index (χ4n) is 2.17. The van der Waals surface area contributed by atoms with Gasteiger partial charge >= 0.3 is 5.97 Å². The predicted molar refractivity (Wildman–Crippen MR) is 84.2 cm³/mol. The van der Waals surface area contributed by atoms with Gasteiger partial charge < -0.3 is 14.4 Å². The summed E-state index contributed by atoms with van der Waals surface area (Å²) in [5.41, 5.74) is 1.46. The maximum Gasteiger partial charge on any atom is 0.303 e. The summed E-state index contributed by atoms with van der Waals surface area (Å²) in [5, 5.41) is 4.59. The summed E-state index contributed by atoms with van der Waals surface area (Å²) in [5.74, 6) is 0.593. The molecule has 8 heteroatoms. The van der Waals surface area contributed by atoms with E-state index in [1.54, 1.807) is 10.7 Å². The molecule has 0 amide bonds. The third kappa shape index (κ3) is 3.26. The summed E-state index contributed by atoms with van der Waals surface area (Å²) < 4.78 is 13.1. The number of carbonyl (C=O) groups excluding carboxylic acids is 1. The quantitative estimate of drug-likeness (QED) is 0.569. The van der Waals surface area contributed by atoms with Gasteiger partial charge in [-0.2, -0.15) is 0 Å². The number of carbonyl (C=O) groups is 1. The van der Waals surface area contributed by atoms with E-state index in [0.717, 1.165) is 41.3 Å². The minimum atomic E-state index is -0.316. The monoisotopic (exact) mass is 402 g/mol. The number of morpholine rings is 1. The molecule has 2 aromatic heterocycles. The van der Waals surface area contributed by atoms with Crippen molar-refractivity contribution in [2.24, 2.45) is 0 Å². The van der Waals surface area contributed by atoms with Crippen LogP contribution in [0.1, 0.15) is 12.6 Å². The molecule has 0 atom stereocenters. The second kappa shape index (κ2) is 6.14. The van der Waals surface area contributed by atoms with Crippen LogP contribution in [0.15, 0.2) is 12.3 Å². The summed E-state index contributed by atoms with van der Waals surface area (Å²) >= 11 is 2.25. The molecule has 0 spiro atoms. The molecule has 0 bridgehead atoms. The highest BCUT2D eigenvalue weighted by atomic mass is 127. The number of fused-ring (bicyclic) bond motifs is 1. The number of hydrogen-bond donors (Lipinski definition) is 0. The molecule has 112 valence electrons. The molecule has 0 saturated carbocycles. The van der Waals surface area contributed by atoms with Gasteiger partial charge in [0.1, 0.15) is 6.61 Å². The van der Waals surface area contributed by atoms with E-state index in [9.17, 15) is 4.79 Å². The predicted octanol–water partition coefficient (Wildman–Crippen LogP) is 1.23. The molecule has 3 rings (SSSR count). The standard InChI is InChI=1S/C13H15IN4O3/c1-9(19)21-8-10-7-18-13(15-10)11(14)6-12(16-18)17-2-4-20-5-3-17/h6-7H,2-5,8H2,1H3. The first-order chi connectivity index (χ1) is 10.1. The van der Waals surface area contributed by atoms with E-state index < -0.39 is 0 Å². The number of halogens is 1. The Balaban J connectivity index is 1.89. The molecule has 0 radical (unpaired) electrons. The molecule has 0 N–H and O–H groups in total. The van der Waals surface area contributed by atoms with Crippen molar-refractivity contribution in [3.63, 3.8) is 0 Å². The number of nitrogens with zero attached hydrogens (tertiary/aromatic N) is 4. The third-order valence-corrected chi connectivity index (χ3v) is 3.97. The fraction of sp³-hybridized carbons (Fsp3) is 0.462. The van der Waals surface area contributed by atoms with Gasteiger partial charge in [-0.1, -0.05) is 0 Å². The SMILES string of the molecule is CC(=O)OCc1cn2nc(N3CCOCC3)cc(I)c2n1. The Morgan fingerprint density at radius 2 is 2.24 bits per heavy atom. The van der Waals surface area contributed by atoms with Crippen LogP contribution in [0.3, 0.4) is 0 Å². The first-order valence-corrected chi connectivity index (χ1v) is 7.72. The van der Waals surface area contributed by atoms with Crippen molar-refractivity contribution in [1.82, 2.24) is 14.6 Å². The largest absolute Gasteiger partial charge is 0.459 e. The van der Waals surface area contributed by atoms with Crippen molar-refractivity contribution in [3.8, 4) is 0 Å². The zero-order valence-electron chi connectivity index (χ0n) is 11.6. The van der Waals surface area contributed by atoms with Crippen LogP contribution >= 0.6 is 22.6 Å². The Kier molecular flexibility index (Phi) is 4.24. The molecule has 1 aliphatic heterocycles. The van der Waals surface area contributed by atoms with E-state index in [4.69, 9.17) is 9.47 Å². The van der Waals surface area contributed by atoms with E-state index in [1.807, 2.05) is 6.07 Å². The number of anilines is 1. The van der Waals surface area contributed by atoms with Gasteiger partial charge in [0.05, 0.1) is 28.7 Å². The molecule has 1 fully saturated rings. The number of aromatic nitrogens is 3. The lowest BCUT2D eigenvalue weighted by Crippen LogP contribution is -2.37. The van der Waals surface area contributed by atoms with Crippen LogP contribution in [0.4, 0.5) is 5.82 Å². The van der Waals surface area contributed by atoms with Crippen molar-refractivity contribution in [1.29, 1.82) is 0 Å². The molecule has 0 aromatic carbocycles.